The fraction of sp³-hybridized carbons (Fsp3) is 0.412. The van der Waals surface area contributed by atoms with Crippen LogP contribution in [0, 0.1) is 12.7 Å². The number of benzene rings is 1. The summed E-state index contributed by atoms with van der Waals surface area (Å²) in [6, 6.07) is 4.59. The Morgan fingerprint density at radius 1 is 1.17 bits per heavy atom. The first-order chi connectivity index (χ1) is 11.7. The maximum atomic E-state index is 13.2. The van der Waals surface area contributed by atoms with Crippen molar-refractivity contribution in [3.8, 4) is 0 Å². The Labute approximate surface area is 143 Å². The van der Waals surface area contributed by atoms with E-state index in [4.69, 9.17) is 4.52 Å². The molecule has 0 bridgehead atoms. The van der Waals surface area contributed by atoms with Crippen LogP contribution >= 0.6 is 11.3 Å². The van der Waals surface area contributed by atoms with E-state index in [2.05, 4.69) is 25.3 Å². The van der Waals surface area contributed by atoms with Gasteiger partial charge in [-0.1, -0.05) is 5.16 Å². The molecule has 0 aliphatic carbocycles. The summed E-state index contributed by atoms with van der Waals surface area (Å²) in [5.41, 5.74) is 2.56. The van der Waals surface area contributed by atoms with Crippen LogP contribution in [0.5, 0.6) is 0 Å². The second-order valence-electron chi connectivity index (χ2n) is 6.18. The fourth-order valence-electron chi connectivity index (χ4n) is 3.10. The molecule has 0 saturated carbocycles. The van der Waals surface area contributed by atoms with E-state index in [0.717, 1.165) is 61.1 Å². The highest BCUT2D eigenvalue weighted by molar-refractivity contribution is 7.09. The van der Waals surface area contributed by atoms with Crippen LogP contribution < -0.4 is 0 Å². The summed E-state index contributed by atoms with van der Waals surface area (Å²) < 4.78 is 18.5. The second kappa shape index (κ2) is 6.58. The summed E-state index contributed by atoms with van der Waals surface area (Å²) in [6.45, 7) is 7.70. The van der Waals surface area contributed by atoms with Gasteiger partial charge in [0.05, 0.1) is 10.7 Å². The van der Waals surface area contributed by atoms with Crippen LogP contribution in [0.2, 0.25) is 0 Å². The van der Waals surface area contributed by atoms with Gasteiger partial charge in [0.15, 0.2) is 5.58 Å². The molecule has 1 saturated heterocycles. The van der Waals surface area contributed by atoms with Gasteiger partial charge in [-0.05, 0) is 19.1 Å². The van der Waals surface area contributed by atoms with Crippen molar-refractivity contribution in [2.24, 2.45) is 0 Å². The molecule has 5 nitrogen and oxygen atoms in total. The highest BCUT2D eigenvalue weighted by Gasteiger charge is 2.20. The van der Waals surface area contributed by atoms with E-state index in [1.165, 1.54) is 12.1 Å². The average Bonchev–Trinajstić information content (AvgIpc) is 3.15. The van der Waals surface area contributed by atoms with Crippen LogP contribution in [-0.4, -0.2) is 46.1 Å². The van der Waals surface area contributed by atoms with Gasteiger partial charge in [-0.15, -0.1) is 11.3 Å². The Bertz CT molecular complexity index is 838. The normalized spacial score (nSPS) is 16.9. The molecule has 0 N–H and O–H groups in total. The molecule has 0 atom stereocenters. The van der Waals surface area contributed by atoms with Gasteiger partial charge >= 0.3 is 0 Å². The molecule has 0 spiro atoms. The third kappa shape index (κ3) is 3.33. The molecule has 1 aromatic carbocycles. The molecule has 0 amide bonds. The van der Waals surface area contributed by atoms with Crippen LogP contribution in [-0.2, 0) is 13.1 Å². The monoisotopic (exact) mass is 346 g/mol. The van der Waals surface area contributed by atoms with Gasteiger partial charge < -0.3 is 4.52 Å². The van der Waals surface area contributed by atoms with Crippen molar-refractivity contribution in [3.63, 3.8) is 0 Å². The molecule has 24 heavy (non-hydrogen) atoms. The highest BCUT2D eigenvalue weighted by Crippen LogP contribution is 2.21. The predicted octanol–water partition coefficient (Wildman–Crippen LogP) is 3.05. The van der Waals surface area contributed by atoms with Crippen LogP contribution in [0.15, 0.2) is 28.1 Å². The fourth-order valence-corrected chi connectivity index (χ4v) is 3.71. The van der Waals surface area contributed by atoms with Gasteiger partial charge in [0.1, 0.15) is 11.5 Å². The van der Waals surface area contributed by atoms with E-state index in [1.807, 2.05) is 6.92 Å². The third-order valence-electron chi connectivity index (χ3n) is 4.40. The van der Waals surface area contributed by atoms with Gasteiger partial charge in [0, 0.05) is 56.1 Å². The van der Waals surface area contributed by atoms with Gasteiger partial charge in [-0.3, -0.25) is 9.80 Å². The van der Waals surface area contributed by atoms with E-state index >= 15 is 0 Å². The second-order valence-corrected chi connectivity index (χ2v) is 7.24. The maximum Gasteiger partial charge on any atom is 0.170 e. The van der Waals surface area contributed by atoms with Crippen molar-refractivity contribution in [3.05, 3.63) is 45.8 Å². The summed E-state index contributed by atoms with van der Waals surface area (Å²) >= 11 is 1.70. The third-order valence-corrected chi connectivity index (χ3v) is 5.22. The van der Waals surface area contributed by atoms with Crippen LogP contribution in [0.25, 0.3) is 11.0 Å². The Morgan fingerprint density at radius 3 is 2.62 bits per heavy atom. The Kier molecular flexibility index (Phi) is 4.30. The summed E-state index contributed by atoms with van der Waals surface area (Å²) in [4.78, 5) is 9.33. The van der Waals surface area contributed by atoms with Gasteiger partial charge in [-0.2, -0.15) is 0 Å². The van der Waals surface area contributed by atoms with Gasteiger partial charge in [0.2, 0.25) is 0 Å². The van der Waals surface area contributed by atoms with Crippen molar-refractivity contribution >= 4 is 22.3 Å². The van der Waals surface area contributed by atoms with Crippen LogP contribution in [0.3, 0.4) is 0 Å². The summed E-state index contributed by atoms with van der Waals surface area (Å²) in [5, 5.41) is 8.28. The molecule has 0 radical (unpaired) electrons. The average molecular weight is 346 g/mol. The van der Waals surface area contributed by atoms with Crippen molar-refractivity contribution in [1.82, 2.24) is 19.9 Å². The number of thiazole rings is 1. The molecule has 1 aliphatic heterocycles. The molecular formula is C17H19FN4OS. The quantitative estimate of drug-likeness (QED) is 0.727. The summed E-state index contributed by atoms with van der Waals surface area (Å²) in [6.07, 6.45) is 0. The van der Waals surface area contributed by atoms with Gasteiger partial charge in [-0.25, -0.2) is 9.37 Å². The van der Waals surface area contributed by atoms with E-state index in [1.54, 1.807) is 17.4 Å². The van der Waals surface area contributed by atoms with Crippen molar-refractivity contribution in [2.75, 3.05) is 26.2 Å². The standard InChI is InChI=1S/C17H19FN4OS/c1-12-19-14(11-24-12)9-21-4-6-22(7-5-21)10-16-15-3-2-13(18)8-17(15)23-20-16/h2-3,8,11H,4-7,9-10H2,1H3. The summed E-state index contributed by atoms with van der Waals surface area (Å²) in [7, 11) is 0. The van der Waals surface area contributed by atoms with Crippen molar-refractivity contribution < 1.29 is 8.91 Å². The molecule has 3 heterocycles. The number of aromatic nitrogens is 2. The molecule has 126 valence electrons. The first kappa shape index (κ1) is 15.7. The molecule has 4 rings (SSSR count). The predicted molar refractivity (Wildman–Crippen MR) is 91.4 cm³/mol. The Hall–Kier alpha value is -1.83. The summed E-state index contributed by atoms with van der Waals surface area (Å²) in [5.74, 6) is -0.295. The number of hydrogen-bond acceptors (Lipinski definition) is 6. The molecule has 7 heteroatoms. The first-order valence-corrected chi connectivity index (χ1v) is 8.95. The number of aryl methyl sites for hydroxylation is 1. The number of nitrogens with zero attached hydrogens (tertiary/aromatic N) is 4. The lowest BCUT2D eigenvalue weighted by Crippen LogP contribution is -2.45. The van der Waals surface area contributed by atoms with E-state index in [0.29, 0.717) is 5.58 Å². The lowest BCUT2D eigenvalue weighted by Gasteiger charge is -2.33. The lowest BCUT2D eigenvalue weighted by atomic mass is 10.2. The number of fused-ring (bicyclic) bond motifs is 1. The van der Waals surface area contributed by atoms with E-state index in [-0.39, 0.29) is 5.82 Å². The van der Waals surface area contributed by atoms with Crippen LogP contribution in [0.1, 0.15) is 16.4 Å². The SMILES string of the molecule is Cc1nc(CN2CCN(Cc3noc4cc(F)ccc34)CC2)cs1. The van der Waals surface area contributed by atoms with E-state index in [9.17, 15) is 4.39 Å². The molecular weight excluding hydrogens is 327 g/mol. The molecule has 2 aromatic heterocycles. The van der Waals surface area contributed by atoms with E-state index < -0.39 is 0 Å². The minimum atomic E-state index is -0.295. The minimum absolute atomic E-state index is 0.295. The molecule has 0 unspecified atom stereocenters. The number of halogens is 1. The topological polar surface area (TPSA) is 45.4 Å². The maximum absolute atomic E-state index is 13.2. The first-order valence-electron chi connectivity index (χ1n) is 8.07. The number of piperazine rings is 1. The van der Waals surface area contributed by atoms with Crippen molar-refractivity contribution in [2.45, 2.75) is 20.0 Å². The number of rotatable bonds is 4. The Balaban J connectivity index is 1.35. The zero-order chi connectivity index (χ0) is 16.5. The van der Waals surface area contributed by atoms with Gasteiger partial charge in [0.25, 0.3) is 0 Å². The van der Waals surface area contributed by atoms with Crippen molar-refractivity contribution in [1.29, 1.82) is 0 Å². The molecule has 3 aromatic rings. The minimum Gasteiger partial charge on any atom is -0.356 e. The zero-order valence-corrected chi connectivity index (χ0v) is 14.4. The largest absolute Gasteiger partial charge is 0.356 e. The smallest absolute Gasteiger partial charge is 0.170 e. The Morgan fingerprint density at radius 2 is 1.92 bits per heavy atom. The number of hydrogen-bond donors (Lipinski definition) is 0. The zero-order valence-electron chi connectivity index (χ0n) is 13.5. The molecule has 1 aliphatic rings. The molecule has 1 fully saturated rings. The van der Waals surface area contributed by atoms with Crippen LogP contribution in [0.4, 0.5) is 4.39 Å². The highest BCUT2D eigenvalue weighted by atomic mass is 32.1. The lowest BCUT2D eigenvalue weighted by molar-refractivity contribution is 0.119.